The van der Waals surface area contributed by atoms with E-state index in [1.54, 1.807) is 23.2 Å². The van der Waals surface area contributed by atoms with Gasteiger partial charge in [0.25, 0.3) is 5.91 Å². The van der Waals surface area contributed by atoms with Gasteiger partial charge in [-0.3, -0.25) is 14.8 Å². The molecule has 24 heavy (non-hydrogen) atoms. The van der Waals surface area contributed by atoms with Gasteiger partial charge >= 0.3 is 0 Å². The molecule has 2 N–H and O–H groups in total. The SMILES string of the molecule is O=C(Nc1nnc(-c2ccco2)s1)C1(n2cccn2)CCNCC1. The van der Waals surface area contributed by atoms with E-state index in [2.05, 4.69) is 25.9 Å². The van der Waals surface area contributed by atoms with Crippen LogP contribution in [-0.4, -0.2) is 39.0 Å². The number of carbonyl (C=O) groups excluding carboxylic acids is 1. The maximum atomic E-state index is 13.0. The molecule has 0 bridgehead atoms. The largest absolute Gasteiger partial charge is 0.462 e. The molecule has 4 heterocycles. The number of amides is 1. The van der Waals surface area contributed by atoms with E-state index in [0.717, 1.165) is 13.1 Å². The van der Waals surface area contributed by atoms with Crippen LogP contribution in [-0.2, 0) is 10.3 Å². The van der Waals surface area contributed by atoms with Crippen LogP contribution in [0.15, 0.2) is 41.3 Å². The third kappa shape index (κ3) is 2.61. The van der Waals surface area contributed by atoms with Crippen molar-refractivity contribution in [2.24, 2.45) is 0 Å². The Balaban J connectivity index is 1.58. The Bertz CT molecular complexity index is 805. The first kappa shape index (κ1) is 15.0. The van der Waals surface area contributed by atoms with Crippen molar-refractivity contribution in [3.8, 4) is 10.8 Å². The molecule has 0 spiro atoms. The highest BCUT2D eigenvalue weighted by molar-refractivity contribution is 7.18. The summed E-state index contributed by atoms with van der Waals surface area (Å²) in [5.41, 5.74) is -0.703. The lowest BCUT2D eigenvalue weighted by molar-refractivity contribution is -0.126. The maximum absolute atomic E-state index is 13.0. The predicted molar refractivity (Wildman–Crippen MR) is 88.5 cm³/mol. The second-order valence-corrected chi connectivity index (χ2v) is 6.55. The summed E-state index contributed by atoms with van der Waals surface area (Å²) in [7, 11) is 0. The van der Waals surface area contributed by atoms with E-state index in [0.29, 0.717) is 28.7 Å². The summed E-state index contributed by atoms with van der Waals surface area (Å²) in [6.45, 7) is 1.53. The summed E-state index contributed by atoms with van der Waals surface area (Å²) < 4.78 is 7.05. The quantitative estimate of drug-likeness (QED) is 0.748. The van der Waals surface area contributed by atoms with Crippen LogP contribution >= 0.6 is 11.3 Å². The number of furan rings is 1. The topological polar surface area (TPSA) is 97.9 Å². The number of hydrogen-bond acceptors (Lipinski definition) is 7. The minimum absolute atomic E-state index is 0.116. The lowest BCUT2D eigenvalue weighted by Gasteiger charge is -2.36. The van der Waals surface area contributed by atoms with Crippen molar-refractivity contribution in [2.75, 3.05) is 18.4 Å². The molecule has 0 radical (unpaired) electrons. The Morgan fingerprint density at radius 2 is 2.21 bits per heavy atom. The number of carbonyl (C=O) groups is 1. The number of nitrogens with one attached hydrogen (secondary N) is 2. The second kappa shape index (κ2) is 6.17. The van der Waals surface area contributed by atoms with Crippen molar-refractivity contribution in [3.05, 3.63) is 36.9 Å². The lowest BCUT2D eigenvalue weighted by atomic mass is 9.87. The molecule has 0 aromatic carbocycles. The molecule has 8 nitrogen and oxygen atoms in total. The first-order valence-electron chi connectivity index (χ1n) is 7.68. The average Bonchev–Trinajstić information content (AvgIpc) is 3.36. The minimum atomic E-state index is -0.703. The number of nitrogens with zero attached hydrogens (tertiary/aromatic N) is 4. The summed E-state index contributed by atoms with van der Waals surface area (Å²) in [6, 6.07) is 5.43. The van der Waals surface area contributed by atoms with E-state index >= 15 is 0 Å². The van der Waals surface area contributed by atoms with Crippen LogP contribution in [0.5, 0.6) is 0 Å². The Labute approximate surface area is 141 Å². The summed E-state index contributed by atoms with van der Waals surface area (Å²) in [5, 5.41) is 19.7. The number of aromatic nitrogens is 4. The van der Waals surface area contributed by atoms with Crippen molar-refractivity contribution in [1.29, 1.82) is 0 Å². The summed E-state index contributed by atoms with van der Waals surface area (Å²) in [4.78, 5) is 13.0. The van der Waals surface area contributed by atoms with Crippen molar-refractivity contribution >= 4 is 22.4 Å². The van der Waals surface area contributed by atoms with E-state index in [9.17, 15) is 4.79 Å². The lowest BCUT2D eigenvalue weighted by Crippen LogP contribution is -2.52. The predicted octanol–water partition coefficient (Wildman–Crippen LogP) is 1.71. The maximum Gasteiger partial charge on any atom is 0.254 e. The molecule has 0 atom stereocenters. The molecule has 4 rings (SSSR count). The highest BCUT2D eigenvalue weighted by Gasteiger charge is 2.42. The first-order valence-corrected chi connectivity index (χ1v) is 8.49. The number of hydrogen-bond donors (Lipinski definition) is 2. The highest BCUT2D eigenvalue weighted by Crippen LogP contribution is 2.31. The van der Waals surface area contributed by atoms with E-state index in [1.807, 2.05) is 18.3 Å². The molecule has 1 aliphatic heterocycles. The van der Waals surface area contributed by atoms with Crippen LogP contribution in [0.3, 0.4) is 0 Å². The van der Waals surface area contributed by atoms with E-state index in [4.69, 9.17) is 4.42 Å². The van der Waals surface area contributed by atoms with Gasteiger partial charge in [-0.1, -0.05) is 11.3 Å². The van der Waals surface area contributed by atoms with Crippen LogP contribution in [0, 0.1) is 0 Å². The average molecular weight is 344 g/mol. The highest BCUT2D eigenvalue weighted by atomic mass is 32.1. The van der Waals surface area contributed by atoms with Gasteiger partial charge < -0.3 is 9.73 Å². The molecule has 124 valence electrons. The van der Waals surface area contributed by atoms with Gasteiger partial charge in [-0.25, -0.2) is 0 Å². The van der Waals surface area contributed by atoms with Gasteiger partial charge in [-0.2, -0.15) is 5.10 Å². The van der Waals surface area contributed by atoms with Gasteiger partial charge in [0.05, 0.1) is 6.26 Å². The zero-order valence-electron chi connectivity index (χ0n) is 12.8. The Kier molecular flexibility index (Phi) is 3.87. The van der Waals surface area contributed by atoms with Gasteiger partial charge in [0.1, 0.15) is 5.54 Å². The van der Waals surface area contributed by atoms with Crippen molar-refractivity contribution in [3.63, 3.8) is 0 Å². The number of rotatable bonds is 4. The Morgan fingerprint density at radius 1 is 1.33 bits per heavy atom. The minimum Gasteiger partial charge on any atom is -0.462 e. The number of piperidine rings is 1. The molecule has 0 saturated carbocycles. The van der Waals surface area contributed by atoms with Gasteiger partial charge in [-0.05, 0) is 44.1 Å². The van der Waals surface area contributed by atoms with E-state index in [-0.39, 0.29) is 5.91 Å². The fraction of sp³-hybridized carbons (Fsp3) is 0.333. The van der Waals surface area contributed by atoms with Crippen LogP contribution in [0.25, 0.3) is 10.8 Å². The summed E-state index contributed by atoms with van der Waals surface area (Å²) >= 11 is 1.29. The molecule has 0 aliphatic carbocycles. The van der Waals surface area contributed by atoms with Gasteiger partial charge in [0.2, 0.25) is 5.13 Å². The molecule has 1 amide bonds. The standard InChI is InChI=1S/C15H16N6O2S/c22-13(15(4-7-16-8-5-15)21-9-2-6-17-21)18-14-20-19-12(24-14)11-3-1-10-23-11/h1-3,6,9-10,16H,4-5,7-8H2,(H,18,20,22). The molecule has 3 aromatic rings. The normalized spacial score (nSPS) is 16.8. The first-order chi connectivity index (χ1) is 11.8. The molecule has 3 aromatic heterocycles. The third-order valence-corrected chi connectivity index (χ3v) is 5.03. The summed E-state index contributed by atoms with van der Waals surface area (Å²) in [5.74, 6) is 0.520. The zero-order valence-corrected chi connectivity index (χ0v) is 13.6. The van der Waals surface area contributed by atoms with E-state index < -0.39 is 5.54 Å². The molecular formula is C15H16N6O2S. The third-order valence-electron chi connectivity index (χ3n) is 4.17. The van der Waals surface area contributed by atoms with Crippen LogP contribution in [0.2, 0.25) is 0 Å². The van der Waals surface area contributed by atoms with Crippen molar-refractivity contribution < 1.29 is 9.21 Å². The monoisotopic (exact) mass is 344 g/mol. The van der Waals surface area contributed by atoms with Crippen LogP contribution in [0.1, 0.15) is 12.8 Å². The van der Waals surface area contributed by atoms with Crippen molar-refractivity contribution in [1.82, 2.24) is 25.3 Å². The fourth-order valence-corrected chi connectivity index (χ4v) is 3.62. The summed E-state index contributed by atoms with van der Waals surface area (Å²) in [6.07, 6.45) is 6.45. The van der Waals surface area contributed by atoms with Gasteiger partial charge in [0.15, 0.2) is 10.8 Å². The Hall–Kier alpha value is -2.52. The molecule has 1 fully saturated rings. The smallest absolute Gasteiger partial charge is 0.254 e. The molecule has 0 unspecified atom stereocenters. The van der Waals surface area contributed by atoms with Crippen LogP contribution < -0.4 is 10.6 Å². The number of anilines is 1. The van der Waals surface area contributed by atoms with E-state index in [1.165, 1.54) is 11.3 Å². The van der Waals surface area contributed by atoms with Gasteiger partial charge in [-0.15, -0.1) is 10.2 Å². The van der Waals surface area contributed by atoms with Crippen molar-refractivity contribution in [2.45, 2.75) is 18.4 Å². The molecule has 9 heteroatoms. The Morgan fingerprint density at radius 3 is 2.92 bits per heavy atom. The molecule has 1 saturated heterocycles. The van der Waals surface area contributed by atoms with Crippen LogP contribution in [0.4, 0.5) is 5.13 Å². The zero-order chi connectivity index (χ0) is 16.4. The fourth-order valence-electron chi connectivity index (χ4n) is 2.91. The second-order valence-electron chi connectivity index (χ2n) is 5.58. The molecule has 1 aliphatic rings. The molecular weight excluding hydrogens is 328 g/mol. The van der Waals surface area contributed by atoms with Gasteiger partial charge in [0, 0.05) is 12.4 Å².